The Bertz CT molecular complexity index is 1460. The predicted octanol–water partition coefficient (Wildman–Crippen LogP) is 1.97. The lowest BCUT2D eigenvalue weighted by atomic mass is 10.2. The molecule has 32 heavy (non-hydrogen) atoms. The summed E-state index contributed by atoms with van der Waals surface area (Å²) in [4.78, 5) is 38.5. The summed E-state index contributed by atoms with van der Waals surface area (Å²) >= 11 is 1.21. The standard InChI is InChI=1S/C20H17F2N5O4S/c21-11-3-4-14(13(22)8-11)23-16(28)10-26-20(30)27-15-5-7-32-17(15)18(29)25(19(27)24-26)9-12-2-1-6-31-12/h3-5,7-8,12H,1-2,6,9-10H2,(H,23,28)/t12-/m1/s1. The first-order valence-electron chi connectivity index (χ1n) is 9.88. The number of carbonyl (C=O) groups is 1. The first kappa shape index (κ1) is 20.5. The van der Waals surface area contributed by atoms with Crippen molar-refractivity contribution in [1.29, 1.82) is 0 Å². The average molecular weight is 461 g/mol. The topological polar surface area (TPSA) is 99.6 Å². The zero-order valence-corrected chi connectivity index (χ0v) is 17.4. The van der Waals surface area contributed by atoms with Crippen molar-refractivity contribution in [2.75, 3.05) is 11.9 Å². The Kier molecular flexibility index (Phi) is 5.10. The van der Waals surface area contributed by atoms with Gasteiger partial charge in [0.15, 0.2) is 0 Å². The van der Waals surface area contributed by atoms with Crippen LogP contribution in [0.3, 0.4) is 0 Å². The van der Waals surface area contributed by atoms with Crippen molar-refractivity contribution in [2.24, 2.45) is 0 Å². The highest BCUT2D eigenvalue weighted by molar-refractivity contribution is 7.17. The summed E-state index contributed by atoms with van der Waals surface area (Å²) in [5, 5.41) is 8.23. The van der Waals surface area contributed by atoms with Crippen LogP contribution in [0.1, 0.15) is 12.8 Å². The minimum atomic E-state index is -0.939. The number of hydrogen-bond acceptors (Lipinski definition) is 6. The van der Waals surface area contributed by atoms with E-state index >= 15 is 0 Å². The van der Waals surface area contributed by atoms with E-state index in [1.807, 2.05) is 0 Å². The smallest absolute Gasteiger partial charge is 0.352 e. The number of rotatable bonds is 5. The summed E-state index contributed by atoms with van der Waals surface area (Å²) in [6.45, 7) is 0.328. The van der Waals surface area contributed by atoms with Crippen LogP contribution in [-0.2, 0) is 22.6 Å². The van der Waals surface area contributed by atoms with Crippen LogP contribution in [0.25, 0.3) is 16.0 Å². The van der Waals surface area contributed by atoms with Gasteiger partial charge in [0.2, 0.25) is 11.7 Å². The second-order valence-corrected chi connectivity index (χ2v) is 8.35. The number of ether oxygens (including phenoxy) is 1. The molecule has 1 amide bonds. The third-order valence-electron chi connectivity index (χ3n) is 5.30. The van der Waals surface area contributed by atoms with Crippen molar-refractivity contribution in [2.45, 2.75) is 32.0 Å². The molecule has 1 fully saturated rings. The molecule has 0 saturated carbocycles. The number of hydrogen-bond donors (Lipinski definition) is 1. The molecule has 0 unspecified atom stereocenters. The lowest BCUT2D eigenvalue weighted by Gasteiger charge is -2.12. The molecule has 166 valence electrons. The first-order chi connectivity index (χ1) is 15.4. The molecule has 3 aromatic heterocycles. The molecule has 4 aromatic rings. The van der Waals surface area contributed by atoms with E-state index in [2.05, 4.69) is 10.4 Å². The van der Waals surface area contributed by atoms with Gasteiger partial charge in [-0.3, -0.25) is 14.2 Å². The minimum Gasteiger partial charge on any atom is -0.376 e. The van der Waals surface area contributed by atoms with Crippen molar-refractivity contribution in [3.8, 4) is 0 Å². The van der Waals surface area contributed by atoms with Gasteiger partial charge in [0, 0.05) is 12.7 Å². The Morgan fingerprint density at radius 2 is 2.12 bits per heavy atom. The quantitative estimate of drug-likeness (QED) is 0.490. The Hall–Kier alpha value is -3.38. The maximum Gasteiger partial charge on any atom is 0.352 e. The second-order valence-electron chi connectivity index (χ2n) is 7.43. The molecule has 1 N–H and O–H groups in total. The molecule has 0 aliphatic carbocycles. The van der Waals surface area contributed by atoms with Gasteiger partial charge in [-0.05, 0) is 36.4 Å². The van der Waals surface area contributed by atoms with Crippen molar-refractivity contribution < 1.29 is 18.3 Å². The van der Waals surface area contributed by atoms with Gasteiger partial charge in [-0.25, -0.2) is 22.7 Å². The maximum absolute atomic E-state index is 13.8. The van der Waals surface area contributed by atoms with E-state index in [9.17, 15) is 23.2 Å². The fourth-order valence-corrected chi connectivity index (χ4v) is 4.63. The Morgan fingerprint density at radius 3 is 2.88 bits per heavy atom. The van der Waals surface area contributed by atoms with Crippen LogP contribution in [0.15, 0.2) is 39.2 Å². The van der Waals surface area contributed by atoms with E-state index < -0.39 is 29.8 Å². The molecule has 0 bridgehead atoms. The van der Waals surface area contributed by atoms with Gasteiger partial charge in [0.05, 0.1) is 23.9 Å². The lowest BCUT2D eigenvalue weighted by molar-refractivity contribution is -0.117. The SMILES string of the molecule is O=C(Cn1nc2n(C[C@H]3CCCO3)c(=O)c3sccc3n2c1=O)Nc1ccc(F)cc1F. The molecule has 1 atom stereocenters. The highest BCUT2D eigenvalue weighted by atomic mass is 32.1. The van der Waals surface area contributed by atoms with E-state index in [0.29, 0.717) is 22.9 Å². The van der Waals surface area contributed by atoms with Crippen LogP contribution in [0.4, 0.5) is 14.5 Å². The number of aromatic nitrogens is 4. The Labute approximate surface area is 182 Å². The average Bonchev–Trinajstić information content (AvgIpc) is 3.49. The summed E-state index contributed by atoms with van der Waals surface area (Å²) in [7, 11) is 0. The van der Waals surface area contributed by atoms with Crippen molar-refractivity contribution >= 4 is 38.9 Å². The maximum atomic E-state index is 13.8. The van der Waals surface area contributed by atoms with Gasteiger partial charge < -0.3 is 10.1 Å². The van der Waals surface area contributed by atoms with Crippen molar-refractivity contribution in [3.63, 3.8) is 0 Å². The molecule has 4 heterocycles. The lowest BCUT2D eigenvalue weighted by Crippen LogP contribution is -2.30. The van der Waals surface area contributed by atoms with Crippen LogP contribution < -0.4 is 16.6 Å². The largest absolute Gasteiger partial charge is 0.376 e. The molecule has 1 saturated heterocycles. The van der Waals surface area contributed by atoms with Gasteiger partial charge in [0.1, 0.15) is 22.9 Å². The van der Waals surface area contributed by atoms with E-state index in [4.69, 9.17) is 4.74 Å². The summed E-state index contributed by atoms with van der Waals surface area (Å²) in [5.41, 5.74) is -0.712. The zero-order chi connectivity index (χ0) is 22.4. The summed E-state index contributed by atoms with van der Waals surface area (Å²) in [6.07, 6.45) is 1.51. The molecule has 1 aliphatic heterocycles. The monoisotopic (exact) mass is 461 g/mol. The number of amides is 1. The number of anilines is 1. The van der Waals surface area contributed by atoms with Crippen LogP contribution in [0, 0.1) is 11.6 Å². The molecular formula is C20H17F2N5O4S. The molecule has 12 heteroatoms. The summed E-state index contributed by atoms with van der Waals surface area (Å²) in [5.74, 6) is -2.34. The van der Waals surface area contributed by atoms with Gasteiger partial charge in [-0.2, -0.15) is 0 Å². The van der Waals surface area contributed by atoms with Crippen LogP contribution in [-0.4, -0.2) is 37.4 Å². The van der Waals surface area contributed by atoms with Gasteiger partial charge in [-0.1, -0.05) is 0 Å². The normalized spacial score (nSPS) is 16.2. The minimum absolute atomic E-state index is 0.0992. The highest BCUT2D eigenvalue weighted by Crippen LogP contribution is 2.20. The number of nitrogens with zero attached hydrogens (tertiary/aromatic N) is 4. The van der Waals surface area contributed by atoms with Gasteiger partial charge in [0.25, 0.3) is 5.56 Å². The van der Waals surface area contributed by atoms with E-state index in [1.54, 1.807) is 11.4 Å². The van der Waals surface area contributed by atoms with Crippen molar-refractivity contribution in [1.82, 2.24) is 18.7 Å². The van der Waals surface area contributed by atoms with E-state index in [0.717, 1.165) is 29.7 Å². The van der Waals surface area contributed by atoms with Crippen LogP contribution in [0.2, 0.25) is 0 Å². The molecular weight excluding hydrogens is 444 g/mol. The van der Waals surface area contributed by atoms with Crippen LogP contribution >= 0.6 is 11.3 Å². The number of nitrogens with one attached hydrogen (secondary N) is 1. The van der Waals surface area contributed by atoms with Crippen LogP contribution in [0.5, 0.6) is 0 Å². The number of benzene rings is 1. The second kappa shape index (κ2) is 7.95. The zero-order valence-electron chi connectivity index (χ0n) is 16.6. The Morgan fingerprint density at radius 1 is 1.28 bits per heavy atom. The Balaban J connectivity index is 1.54. The van der Waals surface area contributed by atoms with Gasteiger partial charge >= 0.3 is 5.69 Å². The molecule has 1 aromatic carbocycles. The molecule has 5 rings (SSSR count). The fraction of sp³-hybridized carbons (Fsp3) is 0.300. The van der Waals surface area contributed by atoms with E-state index in [-0.39, 0.29) is 29.7 Å². The molecule has 9 nitrogen and oxygen atoms in total. The number of carbonyl (C=O) groups excluding carboxylic acids is 1. The first-order valence-corrected chi connectivity index (χ1v) is 10.8. The predicted molar refractivity (Wildman–Crippen MR) is 113 cm³/mol. The number of thiophene rings is 1. The number of halogens is 2. The third kappa shape index (κ3) is 3.50. The van der Waals surface area contributed by atoms with Crippen molar-refractivity contribution in [3.05, 3.63) is 62.1 Å². The molecule has 0 spiro atoms. The molecule has 0 radical (unpaired) electrons. The fourth-order valence-electron chi connectivity index (χ4n) is 3.81. The summed E-state index contributed by atoms with van der Waals surface area (Å²) < 4.78 is 36.5. The molecule has 1 aliphatic rings. The number of fused-ring (bicyclic) bond motifs is 3. The van der Waals surface area contributed by atoms with E-state index in [1.165, 1.54) is 20.3 Å². The third-order valence-corrected chi connectivity index (χ3v) is 6.19. The summed E-state index contributed by atoms with van der Waals surface area (Å²) in [6, 6.07) is 4.38. The highest BCUT2D eigenvalue weighted by Gasteiger charge is 2.23. The van der Waals surface area contributed by atoms with Gasteiger partial charge in [-0.15, -0.1) is 16.4 Å².